The normalized spacial score (nSPS) is 11.5. The Kier molecular flexibility index (Phi) is 7.86. The first-order chi connectivity index (χ1) is 13.0. The molecule has 0 bridgehead atoms. The Labute approximate surface area is 161 Å². The Bertz CT molecular complexity index is 759. The van der Waals surface area contributed by atoms with Gasteiger partial charge in [0.15, 0.2) is 0 Å². The molecule has 0 spiro atoms. The number of amides is 2. The summed E-state index contributed by atoms with van der Waals surface area (Å²) in [6.07, 6.45) is 1.16. The first kappa shape index (κ1) is 20.5. The number of ether oxygens (including phenoxy) is 1. The standard InChI is InChI=1S/C22H28N2O3/c1-4-12-27-20-11-10-19(16(2)13-20)15-23-22(26)14-21(24-17(3)25)18-8-6-5-7-9-18/h5-11,13,21H,4,12,14-15H2,1-3H3,(H,23,26)(H,24,25). The number of hydrogen-bond acceptors (Lipinski definition) is 3. The van der Waals surface area contributed by atoms with Gasteiger partial charge in [0, 0.05) is 13.5 Å². The minimum absolute atomic E-state index is 0.108. The van der Waals surface area contributed by atoms with Crippen LogP contribution >= 0.6 is 0 Å². The number of hydrogen-bond donors (Lipinski definition) is 2. The molecule has 5 nitrogen and oxygen atoms in total. The average molecular weight is 368 g/mol. The third-order valence-electron chi connectivity index (χ3n) is 4.23. The maximum absolute atomic E-state index is 12.4. The van der Waals surface area contributed by atoms with Gasteiger partial charge in [-0.2, -0.15) is 0 Å². The summed E-state index contributed by atoms with van der Waals surface area (Å²) in [5.41, 5.74) is 3.03. The van der Waals surface area contributed by atoms with E-state index in [1.807, 2.05) is 55.5 Å². The van der Waals surface area contributed by atoms with E-state index in [0.29, 0.717) is 13.2 Å². The van der Waals surface area contributed by atoms with Crippen molar-refractivity contribution in [1.82, 2.24) is 10.6 Å². The van der Waals surface area contributed by atoms with Crippen LogP contribution in [0.2, 0.25) is 0 Å². The quantitative estimate of drug-likeness (QED) is 0.710. The van der Waals surface area contributed by atoms with Crippen LogP contribution in [0.15, 0.2) is 48.5 Å². The van der Waals surface area contributed by atoms with Crippen LogP contribution in [0.3, 0.4) is 0 Å². The second-order valence-corrected chi connectivity index (χ2v) is 6.58. The molecule has 2 N–H and O–H groups in total. The third-order valence-corrected chi connectivity index (χ3v) is 4.23. The van der Waals surface area contributed by atoms with Crippen LogP contribution in [-0.2, 0) is 16.1 Å². The molecule has 2 amide bonds. The van der Waals surface area contributed by atoms with Gasteiger partial charge in [-0.25, -0.2) is 0 Å². The lowest BCUT2D eigenvalue weighted by atomic mass is 10.0. The van der Waals surface area contributed by atoms with Crippen molar-refractivity contribution in [3.63, 3.8) is 0 Å². The number of nitrogens with one attached hydrogen (secondary N) is 2. The van der Waals surface area contributed by atoms with E-state index in [9.17, 15) is 9.59 Å². The van der Waals surface area contributed by atoms with Crippen molar-refractivity contribution < 1.29 is 14.3 Å². The molecule has 0 aromatic heterocycles. The molecule has 2 rings (SSSR count). The molecule has 144 valence electrons. The lowest BCUT2D eigenvalue weighted by Gasteiger charge is -2.18. The predicted octanol–water partition coefficient (Wildman–Crippen LogP) is 3.67. The van der Waals surface area contributed by atoms with Crippen molar-refractivity contribution in [2.45, 2.75) is 46.2 Å². The van der Waals surface area contributed by atoms with Crippen molar-refractivity contribution in [1.29, 1.82) is 0 Å². The van der Waals surface area contributed by atoms with Crippen LogP contribution in [0.5, 0.6) is 5.75 Å². The van der Waals surface area contributed by atoms with Gasteiger partial charge < -0.3 is 15.4 Å². The van der Waals surface area contributed by atoms with E-state index in [0.717, 1.165) is 28.9 Å². The highest BCUT2D eigenvalue weighted by Crippen LogP contribution is 2.19. The summed E-state index contributed by atoms with van der Waals surface area (Å²) in [5, 5.41) is 5.79. The van der Waals surface area contributed by atoms with Crippen LogP contribution in [0.1, 0.15) is 49.4 Å². The topological polar surface area (TPSA) is 67.4 Å². The number of rotatable bonds is 9. The fourth-order valence-electron chi connectivity index (χ4n) is 2.81. The molecule has 0 fully saturated rings. The minimum Gasteiger partial charge on any atom is -0.494 e. The molecular weight excluding hydrogens is 340 g/mol. The minimum atomic E-state index is -0.338. The second-order valence-electron chi connectivity index (χ2n) is 6.58. The first-order valence-electron chi connectivity index (χ1n) is 9.30. The molecule has 0 aliphatic heterocycles. The Balaban J connectivity index is 1.95. The average Bonchev–Trinajstić information content (AvgIpc) is 2.65. The Morgan fingerprint density at radius 1 is 1.11 bits per heavy atom. The van der Waals surface area contributed by atoms with Crippen LogP contribution in [0.25, 0.3) is 0 Å². The van der Waals surface area contributed by atoms with Crippen LogP contribution < -0.4 is 15.4 Å². The van der Waals surface area contributed by atoms with Gasteiger partial charge in [-0.1, -0.05) is 43.3 Å². The zero-order valence-corrected chi connectivity index (χ0v) is 16.2. The van der Waals surface area contributed by atoms with E-state index in [-0.39, 0.29) is 24.3 Å². The lowest BCUT2D eigenvalue weighted by molar-refractivity contribution is -0.122. The molecule has 1 unspecified atom stereocenters. The highest BCUT2D eigenvalue weighted by molar-refractivity contribution is 5.79. The number of carbonyl (C=O) groups excluding carboxylic acids is 2. The van der Waals surface area contributed by atoms with E-state index >= 15 is 0 Å². The number of carbonyl (C=O) groups is 2. The van der Waals surface area contributed by atoms with Gasteiger partial charge in [0.1, 0.15) is 5.75 Å². The fraction of sp³-hybridized carbons (Fsp3) is 0.364. The summed E-state index contributed by atoms with van der Waals surface area (Å²) in [7, 11) is 0. The van der Waals surface area contributed by atoms with Gasteiger partial charge in [0.05, 0.1) is 19.1 Å². The monoisotopic (exact) mass is 368 g/mol. The maximum atomic E-state index is 12.4. The molecule has 0 radical (unpaired) electrons. The lowest BCUT2D eigenvalue weighted by Crippen LogP contribution is -2.32. The van der Waals surface area contributed by atoms with E-state index in [4.69, 9.17) is 4.74 Å². The number of aryl methyl sites for hydroxylation is 1. The van der Waals surface area contributed by atoms with Gasteiger partial charge in [-0.15, -0.1) is 0 Å². The molecule has 0 aliphatic rings. The molecule has 2 aromatic rings. The predicted molar refractivity (Wildman–Crippen MR) is 106 cm³/mol. The second kappa shape index (κ2) is 10.4. The first-order valence-corrected chi connectivity index (χ1v) is 9.30. The molecule has 0 heterocycles. The zero-order valence-electron chi connectivity index (χ0n) is 16.2. The van der Waals surface area contributed by atoms with Crippen molar-refractivity contribution in [3.8, 4) is 5.75 Å². The van der Waals surface area contributed by atoms with E-state index in [1.54, 1.807) is 0 Å². The molecule has 1 atom stereocenters. The Morgan fingerprint density at radius 3 is 2.48 bits per heavy atom. The molecular formula is C22H28N2O3. The summed E-state index contributed by atoms with van der Waals surface area (Å²) in [6, 6.07) is 15.1. The summed E-state index contributed by atoms with van der Waals surface area (Å²) < 4.78 is 5.63. The molecule has 27 heavy (non-hydrogen) atoms. The van der Waals surface area contributed by atoms with Crippen molar-refractivity contribution >= 4 is 11.8 Å². The summed E-state index contributed by atoms with van der Waals surface area (Å²) >= 11 is 0. The molecule has 0 saturated carbocycles. The zero-order chi connectivity index (χ0) is 19.6. The summed E-state index contributed by atoms with van der Waals surface area (Å²) in [6.45, 7) is 6.67. The van der Waals surface area contributed by atoms with E-state index in [2.05, 4.69) is 17.6 Å². The Hall–Kier alpha value is -2.82. The largest absolute Gasteiger partial charge is 0.494 e. The van der Waals surface area contributed by atoms with Crippen molar-refractivity contribution in [2.75, 3.05) is 6.61 Å². The van der Waals surface area contributed by atoms with Gasteiger partial charge in [-0.05, 0) is 42.2 Å². The van der Waals surface area contributed by atoms with Gasteiger partial charge in [0.25, 0.3) is 0 Å². The molecule has 0 saturated heterocycles. The fourth-order valence-corrected chi connectivity index (χ4v) is 2.81. The van der Waals surface area contributed by atoms with Crippen LogP contribution in [0, 0.1) is 6.92 Å². The van der Waals surface area contributed by atoms with Crippen LogP contribution in [0.4, 0.5) is 0 Å². The third kappa shape index (κ3) is 6.77. The smallest absolute Gasteiger partial charge is 0.222 e. The summed E-state index contributed by atoms with van der Waals surface area (Å²) in [5.74, 6) is 0.581. The van der Waals surface area contributed by atoms with E-state index in [1.165, 1.54) is 6.92 Å². The van der Waals surface area contributed by atoms with Crippen molar-refractivity contribution in [2.24, 2.45) is 0 Å². The highest BCUT2D eigenvalue weighted by Gasteiger charge is 2.17. The summed E-state index contributed by atoms with van der Waals surface area (Å²) in [4.78, 5) is 23.9. The number of benzene rings is 2. The van der Waals surface area contributed by atoms with Crippen LogP contribution in [-0.4, -0.2) is 18.4 Å². The maximum Gasteiger partial charge on any atom is 0.222 e. The Morgan fingerprint density at radius 2 is 1.85 bits per heavy atom. The molecule has 5 heteroatoms. The highest BCUT2D eigenvalue weighted by atomic mass is 16.5. The SMILES string of the molecule is CCCOc1ccc(CNC(=O)CC(NC(C)=O)c2ccccc2)c(C)c1. The van der Waals surface area contributed by atoms with Gasteiger partial charge >= 0.3 is 0 Å². The molecule has 0 aliphatic carbocycles. The molecule has 2 aromatic carbocycles. The van der Waals surface area contributed by atoms with Crippen molar-refractivity contribution in [3.05, 3.63) is 65.2 Å². The van der Waals surface area contributed by atoms with E-state index < -0.39 is 0 Å². The van der Waals surface area contributed by atoms with Gasteiger partial charge in [-0.3, -0.25) is 9.59 Å². The van der Waals surface area contributed by atoms with Gasteiger partial charge in [0.2, 0.25) is 11.8 Å².